The van der Waals surface area contributed by atoms with Crippen molar-refractivity contribution >= 4 is 34.8 Å². The van der Waals surface area contributed by atoms with Crippen LogP contribution in [0.3, 0.4) is 0 Å². The number of hydrogen-bond donors (Lipinski definition) is 3. The van der Waals surface area contributed by atoms with Crippen LogP contribution in [0.2, 0.25) is 0 Å². The molecule has 0 unspecified atom stereocenters. The van der Waals surface area contributed by atoms with Crippen molar-refractivity contribution in [3.05, 3.63) is 77.7 Å². The fourth-order valence-electron chi connectivity index (χ4n) is 2.83. The summed E-state index contributed by atoms with van der Waals surface area (Å²) in [6.45, 7) is 3.97. The summed E-state index contributed by atoms with van der Waals surface area (Å²) < 4.78 is 13.1. The second-order valence-corrected chi connectivity index (χ2v) is 7.28. The predicted molar refractivity (Wildman–Crippen MR) is 120 cm³/mol. The first-order valence-corrected chi connectivity index (χ1v) is 9.88. The maximum absolute atomic E-state index is 13.1. The van der Waals surface area contributed by atoms with Crippen molar-refractivity contribution < 1.29 is 4.39 Å². The Morgan fingerprint density at radius 3 is 2.52 bits per heavy atom. The van der Waals surface area contributed by atoms with E-state index in [-0.39, 0.29) is 11.9 Å². The summed E-state index contributed by atoms with van der Waals surface area (Å²) in [6.07, 6.45) is 1.93. The molecule has 0 spiro atoms. The molecule has 0 saturated heterocycles. The molecule has 1 aromatic heterocycles. The quantitative estimate of drug-likeness (QED) is 0.479. The first kappa shape index (κ1) is 20.7. The molecule has 29 heavy (non-hydrogen) atoms. The predicted octanol–water partition coefficient (Wildman–Crippen LogP) is 4.98. The zero-order valence-corrected chi connectivity index (χ0v) is 17.3. The highest BCUT2D eigenvalue weighted by molar-refractivity contribution is 7.80. The number of rotatable bonds is 7. The van der Waals surface area contributed by atoms with E-state index in [0.29, 0.717) is 16.9 Å². The smallest absolute Gasteiger partial charge is 0.231 e. The van der Waals surface area contributed by atoms with Crippen molar-refractivity contribution in [2.45, 2.75) is 32.7 Å². The zero-order valence-electron chi connectivity index (χ0n) is 16.4. The molecule has 0 radical (unpaired) electrons. The monoisotopic (exact) mass is 409 g/mol. The van der Waals surface area contributed by atoms with Crippen molar-refractivity contribution in [1.82, 2.24) is 15.3 Å². The van der Waals surface area contributed by atoms with Gasteiger partial charge in [-0.25, -0.2) is 9.37 Å². The van der Waals surface area contributed by atoms with Gasteiger partial charge in [0.15, 0.2) is 5.11 Å². The zero-order chi connectivity index (χ0) is 20.6. The van der Waals surface area contributed by atoms with Crippen molar-refractivity contribution in [3.8, 4) is 0 Å². The van der Waals surface area contributed by atoms with Crippen molar-refractivity contribution in [3.63, 3.8) is 0 Å². The molecule has 2 aromatic carbocycles. The molecule has 0 bridgehead atoms. The van der Waals surface area contributed by atoms with E-state index in [1.165, 1.54) is 17.7 Å². The van der Waals surface area contributed by atoms with Crippen LogP contribution in [0, 0.1) is 12.7 Å². The molecule has 7 heteroatoms. The first-order chi connectivity index (χ1) is 14.0. The Kier molecular flexibility index (Phi) is 7.08. The van der Waals surface area contributed by atoms with Crippen molar-refractivity contribution in [2.24, 2.45) is 0 Å². The second kappa shape index (κ2) is 9.93. The molecule has 0 fully saturated rings. The topological polar surface area (TPSA) is 61.9 Å². The van der Waals surface area contributed by atoms with E-state index >= 15 is 0 Å². The Balaban J connectivity index is 1.55. The Labute approximate surface area is 175 Å². The van der Waals surface area contributed by atoms with E-state index < -0.39 is 0 Å². The fraction of sp³-hybridized carbons (Fsp3) is 0.227. The van der Waals surface area contributed by atoms with E-state index in [9.17, 15) is 4.39 Å². The summed E-state index contributed by atoms with van der Waals surface area (Å²) in [6, 6.07) is 18.5. The van der Waals surface area contributed by atoms with Crippen LogP contribution in [-0.4, -0.2) is 21.1 Å². The van der Waals surface area contributed by atoms with Crippen LogP contribution >= 0.6 is 12.2 Å². The molecule has 150 valence electrons. The van der Waals surface area contributed by atoms with Gasteiger partial charge < -0.3 is 16.0 Å². The second-order valence-electron chi connectivity index (χ2n) is 6.87. The largest absolute Gasteiger partial charge is 0.360 e. The van der Waals surface area contributed by atoms with Crippen LogP contribution in [0.1, 0.15) is 24.6 Å². The standard InChI is InChI=1S/C22H24FN5S/c1-15(8-9-17-6-4-3-5-7-17)25-22(29)28-21-24-16(2)14-20(27-21)26-19-12-10-18(23)11-13-19/h3-7,10-15H,8-9H2,1-2H3,(H3,24,25,26,27,28,29)/t15-/m1/s1. The van der Waals surface area contributed by atoms with Crippen molar-refractivity contribution in [1.29, 1.82) is 0 Å². The molecule has 1 heterocycles. The lowest BCUT2D eigenvalue weighted by Crippen LogP contribution is -2.36. The third kappa shape index (κ3) is 6.80. The molecular formula is C22H24FN5S. The number of anilines is 3. The number of benzene rings is 2. The van der Waals surface area contributed by atoms with E-state index in [1.54, 1.807) is 12.1 Å². The third-order valence-electron chi connectivity index (χ3n) is 4.28. The fourth-order valence-corrected chi connectivity index (χ4v) is 3.12. The molecule has 3 aromatic rings. The molecule has 0 aliphatic heterocycles. The summed E-state index contributed by atoms with van der Waals surface area (Å²) in [5.41, 5.74) is 2.83. The highest BCUT2D eigenvalue weighted by Crippen LogP contribution is 2.17. The number of nitrogens with zero attached hydrogens (tertiary/aromatic N) is 2. The lowest BCUT2D eigenvalue weighted by molar-refractivity contribution is 0.609. The van der Waals surface area contributed by atoms with E-state index in [2.05, 4.69) is 45.0 Å². The maximum Gasteiger partial charge on any atom is 0.231 e. The minimum absolute atomic E-state index is 0.205. The van der Waals surface area contributed by atoms with Gasteiger partial charge in [0, 0.05) is 23.5 Å². The van der Waals surface area contributed by atoms with Gasteiger partial charge in [-0.2, -0.15) is 4.98 Å². The number of halogens is 1. The van der Waals surface area contributed by atoms with Crippen molar-refractivity contribution in [2.75, 3.05) is 10.6 Å². The number of aryl methyl sites for hydroxylation is 2. The molecule has 1 atom stereocenters. The molecule has 3 rings (SSSR count). The Morgan fingerprint density at radius 2 is 1.79 bits per heavy atom. The normalized spacial score (nSPS) is 11.6. The number of aromatic nitrogens is 2. The molecular weight excluding hydrogens is 385 g/mol. The van der Waals surface area contributed by atoms with Gasteiger partial charge in [-0.3, -0.25) is 0 Å². The number of hydrogen-bond acceptors (Lipinski definition) is 4. The summed E-state index contributed by atoms with van der Waals surface area (Å²) >= 11 is 5.41. The molecule has 5 nitrogen and oxygen atoms in total. The minimum Gasteiger partial charge on any atom is -0.360 e. The maximum atomic E-state index is 13.1. The van der Waals surface area contributed by atoms with Crippen LogP contribution < -0.4 is 16.0 Å². The van der Waals surface area contributed by atoms with Gasteiger partial charge in [0.2, 0.25) is 5.95 Å². The molecule has 3 N–H and O–H groups in total. The molecule has 0 amide bonds. The van der Waals surface area contributed by atoms with Gasteiger partial charge in [-0.15, -0.1) is 0 Å². The van der Waals surface area contributed by atoms with Gasteiger partial charge >= 0.3 is 0 Å². The lowest BCUT2D eigenvalue weighted by atomic mass is 10.1. The summed E-state index contributed by atoms with van der Waals surface area (Å²) in [4.78, 5) is 8.82. The van der Waals surface area contributed by atoms with E-state index in [1.807, 2.05) is 31.2 Å². The Hall–Kier alpha value is -3.06. The van der Waals surface area contributed by atoms with Crippen LogP contribution in [0.5, 0.6) is 0 Å². The molecule has 0 saturated carbocycles. The lowest BCUT2D eigenvalue weighted by Gasteiger charge is -2.17. The average molecular weight is 410 g/mol. The summed E-state index contributed by atoms with van der Waals surface area (Å²) in [5.74, 6) is 0.725. The molecule has 0 aliphatic rings. The molecule has 0 aliphatic carbocycles. The number of thiocarbonyl (C=S) groups is 1. The van der Waals surface area contributed by atoms with Crippen LogP contribution in [-0.2, 0) is 6.42 Å². The van der Waals surface area contributed by atoms with Crippen LogP contribution in [0.25, 0.3) is 0 Å². The van der Waals surface area contributed by atoms with Gasteiger partial charge in [-0.05, 0) is 68.7 Å². The van der Waals surface area contributed by atoms with E-state index in [0.717, 1.165) is 24.2 Å². The minimum atomic E-state index is -0.283. The van der Waals surface area contributed by atoms with Crippen LogP contribution in [0.15, 0.2) is 60.7 Å². The average Bonchev–Trinajstić information content (AvgIpc) is 2.68. The third-order valence-corrected chi connectivity index (χ3v) is 4.50. The van der Waals surface area contributed by atoms with Gasteiger partial charge in [-0.1, -0.05) is 30.3 Å². The highest BCUT2D eigenvalue weighted by Gasteiger charge is 2.08. The van der Waals surface area contributed by atoms with Gasteiger partial charge in [0.05, 0.1) is 0 Å². The van der Waals surface area contributed by atoms with Gasteiger partial charge in [0.25, 0.3) is 0 Å². The Morgan fingerprint density at radius 1 is 1.07 bits per heavy atom. The van der Waals surface area contributed by atoms with E-state index in [4.69, 9.17) is 12.2 Å². The summed E-state index contributed by atoms with van der Waals surface area (Å²) in [5, 5.41) is 9.94. The first-order valence-electron chi connectivity index (χ1n) is 9.47. The Bertz CT molecular complexity index is 947. The number of nitrogens with one attached hydrogen (secondary N) is 3. The van der Waals surface area contributed by atoms with Crippen LogP contribution in [0.4, 0.5) is 21.8 Å². The summed E-state index contributed by atoms with van der Waals surface area (Å²) in [7, 11) is 0. The SMILES string of the molecule is Cc1cc(Nc2ccc(F)cc2)nc(NC(=S)N[C@H](C)CCc2ccccc2)n1. The highest BCUT2D eigenvalue weighted by atomic mass is 32.1. The van der Waals surface area contributed by atoms with Gasteiger partial charge in [0.1, 0.15) is 11.6 Å².